The van der Waals surface area contributed by atoms with Gasteiger partial charge in [-0.1, -0.05) is 0 Å². The molecule has 1 aliphatic rings. The molecule has 2 aromatic heterocycles. The number of alkyl halides is 4. The van der Waals surface area contributed by atoms with Gasteiger partial charge in [0.1, 0.15) is 18.6 Å². The Morgan fingerprint density at radius 1 is 1.19 bits per heavy atom. The molecule has 1 aromatic carbocycles. The molecule has 3 aromatic rings. The van der Waals surface area contributed by atoms with Crippen LogP contribution in [0, 0.1) is 12.7 Å². The van der Waals surface area contributed by atoms with E-state index < -0.39 is 30.7 Å². The van der Waals surface area contributed by atoms with Gasteiger partial charge in [-0.05, 0) is 37.3 Å². The molecule has 0 unspecified atom stereocenters. The average molecular weight is 439 g/mol. The number of fused-ring (bicyclic) bond motifs is 1. The third-order valence-corrected chi connectivity index (χ3v) is 4.91. The van der Waals surface area contributed by atoms with Gasteiger partial charge in [0, 0.05) is 35.1 Å². The van der Waals surface area contributed by atoms with Crippen LogP contribution in [-0.4, -0.2) is 40.3 Å². The van der Waals surface area contributed by atoms with E-state index in [9.17, 15) is 22.0 Å². The van der Waals surface area contributed by atoms with Crippen LogP contribution in [0.4, 0.5) is 22.0 Å². The third-order valence-electron chi connectivity index (χ3n) is 4.91. The van der Waals surface area contributed by atoms with Crippen LogP contribution in [0.25, 0.3) is 22.6 Å². The minimum absolute atomic E-state index is 0.140. The van der Waals surface area contributed by atoms with Gasteiger partial charge in [0.25, 0.3) is 0 Å². The number of rotatable bonds is 4. The molecule has 0 spiro atoms. The Morgan fingerprint density at radius 3 is 2.68 bits per heavy atom. The summed E-state index contributed by atoms with van der Waals surface area (Å²) in [5, 5.41) is 0. The molecule has 5 nitrogen and oxygen atoms in total. The van der Waals surface area contributed by atoms with Crippen LogP contribution in [0.15, 0.2) is 36.5 Å². The van der Waals surface area contributed by atoms with E-state index in [-0.39, 0.29) is 18.7 Å². The second kappa shape index (κ2) is 8.26. The number of hydrogen-bond donors (Lipinski definition) is 0. The smallest absolute Gasteiger partial charge is 0.403 e. The van der Waals surface area contributed by atoms with Gasteiger partial charge in [0.15, 0.2) is 11.6 Å². The SMILES string of the molecule is Cc1cc(-c2nc(-c3ccc(OC(F)(F)F)c(F)c3)n3c2CCO[C@H](CF)C3)ccn1. The zero-order chi connectivity index (χ0) is 22.2. The summed E-state index contributed by atoms with van der Waals surface area (Å²) in [6.07, 6.45) is -3.64. The number of aromatic nitrogens is 3. The van der Waals surface area contributed by atoms with E-state index in [0.29, 0.717) is 17.9 Å². The highest BCUT2D eigenvalue weighted by molar-refractivity contribution is 5.69. The van der Waals surface area contributed by atoms with Crippen molar-refractivity contribution in [3.05, 3.63) is 53.7 Å². The minimum Gasteiger partial charge on any atom is -0.403 e. The average Bonchev–Trinajstić information content (AvgIpc) is 2.92. The maximum Gasteiger partial charge on any atom is 0.573 e. The van der Waals surface area contributed by atoms with Gasteiger partial charge in [-0.2, -0.15) is 0 Å². The van der Waals surface area contributed by atoms with Crippen molar-refractivity contribution >= 4 is 0 Å². The zero-order valence-corrected chi connectivity index (χ0v) is 16.4. The Labute approximate surface area is 174 Å². The topological polar surface area (TPSA) is 49.2 Å². The van der Waals surface area contributed by atoms with Crippen LogP contribution >= 0.6 is 0 Å². The predicted octanol–water partition coefficient (Wildman–Crippen LogP) is 4.87. The Bertz CT molecular complexity index is 1100. The number of ether oxygens (including phenoxy) is 2. The summed E-state index contributed by atoms with van der Waals surface area (Å²) in [4.78, 5) is 8.83. The number of aryl methyl sites for hydroxylation is 1. The molecule has 0 aliphatic carbocycles. The van der Waals surface area contributed by atoms with Gasteiger partial charge in [-0.15, -0.1) is 13.2 Å². The first-order valence-electron chi connectivity index (χ1n) is 9.51. The Kier molecular flexibility index (Phi) is 5.65. The fourth-order valence-corrected chi connectivity index (χ4v) is 3.60. The number of imidazole rings is 1. The normalized spacial score (nSPS) is 16.6. The number of benzene rings is 1. The predicted molar refractivity (Wildman–Crippen MR) is 102 cm³/mol. The van der Waals surface area contributed by atoms with Crippen molar-refractivity contribution in [3.8, 4) is 28.4 Å². The molecule has 0 saturated heterocycles. The lowest BCUT2D eigenvalue weighted by Crippen LogP contribution is -2.21. The summed E-state index contributed by atoms with van der Waals surface area (Å²) in [6.45, 7) is 1.54. The fourth-order valence-electron chi connectivity index (χ4n) is 3.60. The largest absolute Gasteiger partial charge is 0.573 e. The van der Waals surface area contributed by atoms with Crippen molar-refractivity contribution in [2.75, 3.05) is 13.3 Å². The van der Waals surface area contributed by atoms with Crippen LogP contribution in [-0.2, 0) is 17.7 Å². The molecule has 0 radical (unpaired) electrons. The van der Waals surface area contributed by atoms with Gasteiger partial charge < -0.3 is 14.0 Å². The molecule has 10 heteroatoms. The van der Waals surface area contributed by atoms with E-state index in [1.807, 2.05) is 13.0 Å². The molecular formula is C21H18F5N3O2. The molecule has 0 N–H and O–H groups in total. The van der Waals surface area contributed by atoms with Crippen LogP contribution in [0.3, 0.4) is 0 Å². The lowest BCUT2D eigenvalue weighted by atomic mass is 10.1. The first-order chi connectivity index (χ1) is 14.7. The number of pyridine rings is 1. The van der Waals surface area contributed by atoms with Gasteiger partial charge >= 0.3 is 6.36 Å². The highest BCUT2D eigenvalue weighted by Crippen LogP contribution is 2.34. The number of nitrogens with zero attached hydrogens (tertiary/aromatic N) is 3. The molecule has 31 heavy (non-hydrogen) atoms. The summed E-state index contributed by atoms with van der Waals surface area (Å²) in [6, 6.07) is 6.73. The molecule has 3 heterocycles. The highest BCUT2D eigenvalue weighted by atomic mass is 19.4. The van der Waals surface area contributed by atoms with Gasteiger partial charge in [-0.3, -0.25) is 4.98 Å². The molecular weight excluding hydrogens is 421 g/mol. The Morgan fingerprint density at radius 2 is 2.00 bits per heavy atom. The second-order valence-corrected chi connectivity index (χ2v) is 7.12. The second-order valence-electron chi connectivity index (χ2n) is 7.12. The van der Waals surface area contributed by atoms with Crippen LogP contribution in [0.1, 0.15) is 11.4 Å². The van der Waals surface area contributed by atoms with Crippen molar-refractivity contribution in [1.29, 1.82) is 0 Å². The Balaban J connectivity index is 1.83. The molecule has 0 saturated carbocycles. The summed E-state index contributed by atoms with van der Waals surface area (Å²) in [7, 11) is 0. The van der Waals surface area contributed by atoms with Crippen LogP contribution < -0.4 is 4.74 Å². The van der Waals surface area contributed by atoms with Crippen LogP contribution in [0.5, 0.6) is 5.75 Å². The standard InChI is InChI=1S/C21H18F5N3O2/c1-12-8-13(4-6-27-12)19-17-5-7-30-15(10-22)11-29(17)20(28-19)14-2-3-18(16(23)9-14)31-21(24,25)26/h2-4,6,8-9,15H,5,7,10-11H2,1H3/t15-/m1/s1. The third kappa shape index (κ3) is 4.53. The van der Waals surface area contributed by atoms with Gasteiger partial charge in [-0.25, -0.2) is 13.8 Å². The van der Waals surface area contributed by atoms with E-state index in [1.165, 1.54) is 6.07 Å². The molecule has 0 bridgehead atoms. The maximum absolute atomic E-state index is 14.3. The monoisotopic (exact) mass is 439 g/mol. The number of hydrogen-bond acceptors (Lipinski definition) is 4. The lowest BCUT2D eigenvalue weighted by Gasteiger charge is -2.15. The van der Waals surface area contributed by atoms with E-state index in [0.717, 1.165) is 29.1 Å². The lowest BCUT2D eigenvalue weighted by molar-refractivity contribution is -0.275. The quantitative estimate of drug-likeness (QED) is 0.545. The molecule has 4 rings (SSSR count). The summed E-state index contributed by atoms with van der Waals surface area (Å²) >= 11 is 0. The van der Waals surface area contributed by atoms with Crippen LogP contribution in [0.2, 0.25) is 0 Å². The van der Waals surface area contributed by atoms with Crippen molar-refractivity contribution in [2.45, 2.75) is 32.4 Å². The van der Waals surface area contributed by atoms with Crippen molar-refractivity contribution in [1.82, 2.24) is 14.5 Å². The van der Waals surface area contributed by atoms with E-state index in [1.54, 1.807) is 16.8 Å². The summed E-state index contributed by atoms with van der Waals surface area (Å²) in [5.74, 6) is -1.81. The molecule has 1 aliphatic heterocycles. The maximum atomic E-state index is 14.3. The summed E-state index contributed by atoms with van der Waals surface area (Å²) < 4.78 is 76.1. The van der Waals surface area contributed by atoms with E-state index in [2.05, 4.69) is 14.7 Å². The fraction of sp³-hybridized carbons (Fsp3) is 0.333. The van der Waals surface area contributed by atoms with E-state index >= 15 is 0 Å². The highest BCUT2D eigenvalue weighted by Gasteiger charge is 2.33. The molecule has 0 amide bonds. The molecule has 164 valence electrons. The summed E-state index contributed by atoms with van der Waals surface area (Å²) in [5.41, 5.74) is 3.17. The number of halogens is 5. The zero-order valence-electron chi connectivity index (χ0n) is 16.4. The van der Waals surface area contributed by atoms with Gasteiger partial charge in [0.05, 0.1) is 18.8 Å². The Hall–Kier alpha value is -3.01. The van der Waals surface area contributed by atoms with Gasteiger partial charge in [0.2, 0.25) is 0 Å². The van der Waals surface area contributed by atoms with Crippen molar-refractivity contribution < 1.29 is 31.4 Å². The van der Waals surface area contributed by atoms with E-state index in [4.69, 9.17) is 4.74 Å². The van der Waals surface area contributed by atoms with Crippen molar-refractivity contribution in [3.63, 3.8) is 0 Å². The first-order valence-corrected chi connectivity index (χ1v) is 9.51. The molecule has 0 fully saturated rings. The van der Waals surface area contributed by atoms with Crippen molar-refractivity contribution in [2.24, 2.45) is 0 Å². The minimum atomic E-state index is -5.01. The first kappa shape index (κ1) is 21.2. The molecule has 1 atom stereocenters.